The Morgan fingerprint density at radius 2 is 2.20 bits per heavy atom. The van der Waals surface area contributed by atoms with Crippen LogP contribution in [0.2, 0.25) is 5.28 Å². The van der Waals surface area contributed by atoms with Crippen LogP contribution in [0.5, 0.6) is 0 Å². The van der Waals surface area contributed by atoms with E-state index in [-0.39, 0.29) is 28.9 Å². The van der Waals surface area contributed by atoms with Gasteiger partial charge in [0.1, 0.15) is 17.7 Å². The van der Waals surface area contributed by atoms with E-state index in [0.29, 0.717) is 0 Å². The van der Waals surface area contributed by atoms with Crippen LogP contribution in [0.3, 0.4) is 0 Å². The van der Waals surface area contributed by atoms with Crippen molar-refractivity contribution in [3.05, 3.63) is 11.6 Å². The minimum Gasteiger partial charge on any atom is -0.464 e. The minimum atomic E-state index is -5.05. The van der Waals surface area contributed by atoms with E-state index in [1.807, 2.05) is 0 Å². The van der Waals surface area contributed by atoms with Crippen LogP contribution in [-0.4, -0.2) is 77.8 Å². The fourth-order valence-electron chi connectivity index (χ4n) is 2.86. The maximum Gasteiger partial charge on any atom is 0.365 e. The number of carbonyl (C=O) groups excluding carboxylic acids is 1. The third-order valence-corrected chi connectivity index (χ3v) is 5.34. The molecule has 1 aliphatic rings. The molecule has 3 rings (SSSR count). The Labute approximate surface area is 173 Å². The number of aliphatic hydroxyl groups excluding tert-OH is 1. The molecule has 5 atom stereocenters. The van der Waals surface area contributed by atoms with Crippen LogP contribution < -0.4 is 5.73 Å². The van der Waals surface area contributed by atoms with Crippen LogP contribution in [0, 0.1) is 0 Å². The third-order valence-electron chi connectivity index (χ3n) is 4.20. The molecule has 2 aromatic rings. The molecule has 1 saturated heterocycles. The molecule has 0 radical (unpaired) electrons. The number of nitrogens with zero attached hydrogens (tertiary/aromatic N) is 4. The van der Waals surface area contributed by atoms with Gasteiger partial charge in [0.2, 0.25) is 5.28 Å². The second kappa shape index (κ2) is 8.67. The molecule has 16 heteroatoms. The van der Waals surface area contributed by atoms with Gasteiger partial charge < -0.3 is 34.8 Å². The van der Waals surface area contributed by atoms with E-state index in [9.17, 15) is 28.6 Å². The third kappa shape index (κ3) is 4.39. The van der Waals surface area contributed by atoms with Gasteiger partial charge in [-0.25, -0.2) is 14.2 Å². The van der Waals surface area contributed by atoms with Crippen LogP contribution in [0.15, 0.2) is 6.33 Å². The molecule has 0 aromatic carbocycles. The Morgan fingerprint density at radius 1 is 1.50 bits per heavy atom. The van der Waals surface area contributed by atoms with Crippen molar-refractivity contribution in [1.29, 1.82) is 0 Å². The lowest BCUT2D eigenvalue weighted by molar-refractivity contribution is -0.155. The smallest absolute Gasteiger partial charge is 0.365 e. The number of imidazole rings is 1. The van der Waals surface area contributed by atoms with Crippen molar-refractivity contribution in [2.75, 3.05) is 18.9 Å². The molecule has 1 fully saturated rings. The first-order valence-corrected chi connectivity index (χ1v) is 10.6. The Hall–Kier alpha value is -1.93. The summed E-state index contributed by atoms with van der Waals surface area (Å²) in [5.41, 5.74) is 5.88. The number of aliphatic hydroxyl groups is 1. The fraction of sp³-hybridized carbons (Fsp3) is 0.571. The molecule has 3 heterocycles. The van der Waals surface area contributed by atoms with Gasteiger partial charge in [-0.15, -0.1) is 0 Å². The van der Waals surface area contributed by atoms with Gasteiger partial charge in [-0.2, -0.15) is 9.97 Å². The van der Waals surface area contributed by atoms with Gasteiger partial charge in [-0.3, -0.25) is 9.13 Å². The van der Waals surface area contributed by atoms with Crippen LogP contribution in [-0.2, 0) is 23.6 Å². The summed E-state index contributed by atoms with van der Waals surface area (Å²) < 4.78 is 42.3. The summed E-state index contributed by atoms with van der Waals surface area (Å²) in [6, 6.07) is 0. The molecule has 5 N–H and O–H groups in total. The highest BCUT2D eigenvalue weighted by molar-refractivity contribution is 7.53. The monoisotopic (exact) mass is 469 g/mol. The fourth-order valence-corrected chi connectivity index (χ4v) is 3.66. The lowest BCUT2D eigenvalue weighted by Gasteiger charge is -2.20. The van der Waals surface area contributed by atoms with Crippen LogP contribution in [0.25, 0.3) is 11.2 Å². The number of carbonyl (C=O) groups is 1. The Kier molecular flexibility index (Phi) is 6.57. The molecule has 166 valence electrons. The van der Waals surface area contributed by atoms with Crippen molar-refractivity contribution in [3.8, 4) is 0 Å². The summed E-state index contributed by atoms with van der Waals surface area (Å²) in [5.74, 6) is -3.59. The molecule has 0 spiro atoms. The zero-order valence-corrected chi connectivity index (χ0v) is 17.0. The molecular weight excluding hydrogens is 452 g/mol. The standard InChI is InChI=1S/C14H18ClFN5O8P/c1-2-27-12(23)13(30(24,25)26)28-3-5-8(22)6(16)11(29-5)21-4-18-7-9(17)19-14(15)20-10(7)21/h4-6,8,11,13,22H,2-3H2,1H3,(H2,17,19,20)(H2,24,25,26)/t5-,6+,8-,11-,13?/m1/s1. The number of ether oxygens (including phenoxy) is 3. The maximum atomic E-state index is 14.7. The number of hydrogen-bond acceptors (Lipinski definition) is 10. The van der Waals surface area contributed by atoms with Gasteiger partial charge in [0.15, 0.2) is 23.9 Å². The van der Waals surface area contributed by atoms with Gasteiger partial charge in [0, 0.05) is 0 Å². The summed E-state index contributed by atoms with van der Waals surface area (Å²) in [6.07, 6.45) is -5.39. The molecule has 0 aliphatic carbocycles. The predicted octanol–water partition coefficient (Wildman–Crippen LogP) is -0.258. The highest BCUT2D eigenvalue weighted by Gasteiger charge is 2.47. The van der Waals surface area contributed by atoms with Gasteiger partial charge >= 0.3 is 13.6 Å². The molecule has 1 unspecified atom stereocenters. The summed E-state index contributed by atoms with van der Waals surface area (Å²) in [4.78, 5) is 42.0. The molecule has 30 heavy (non-hydrogen) atoms. The lowest BCUT2D eigenvalue weighted by atomic mass is 10.1. The summed E-state index contributed by atoms with van der Waals surface area (Å²) in [6.45, 7) is 0.586. The normalized spacial score (nSPS) is 25.5. The first-order chi connectivity index (χ1) is 14.0. The molecule has 0 saturated carbocycles. The highest BCUT2D eigenvalue weighted by atomic mass is 35.5. The highest BCUT2D eigenvalue weighted by Crippen LogP contribution is 2.43. The van der Waals surface area contributed by atoms with E-state index in [0.717, 1.165) is 10.9 Å². The second-order valence-corrected chi connectivity index (χ2v) is 8.21. The number of halogens is 2. The minimum absolute atomic E-state index is 0.0449. The maximum absolute atomic E-state index is 14.7. The van der Waals surface area contributed by atoms with E-state index in [1.54, 1.807) is 0 Å². The largest absolute Gasteiger partial charge is 0.464 e. The van der Waals surface area contributed by atoms with Gasteiger partial charge in [-0.1, -0.05) is 0 Å². The zero-order chi connectivity index (χ0) is 22.2. The first kappa shape index (κ1) is 22.7. The van der Waals surface area contributed by atoms with Crippen molar-refractivity contribution >= 4 is 42.1 Å². The van der Waals surface area contributed by atoms with Crippen molar-refractivity contribution < 1.29 is 42.9 Å². The lowest BCUT2D eigenvalue weighted by Crippen LogP contribution is -2.35. The molecule has 0 bridgehead atoms. The second-order valence-electron chi connectivity index (χ2n) is 6.23. The predicted molar refractivity (Wildman–Crippen MR) is 98.0 cm³/mol. The number of aromatic nitrogens is 4. The summed E-state index contributed by atoms with van der Waals surface area (Å²) >= 11 is 5.77. The summed E-state index contributed by atoms with van der Waals surface area (Å²) in [5, 5.41) is 9.94. The number of esters is 1. The Balaban J connectivity index is 1.79. The number of anilines is 1. The number of hydrogen-bond donors (Lipinski definition) is 4. The van der Waals surface area contributed by atoms with Crippen molar-refractivity contribution in [3.63, 3.8) is 0 Å². The van der Waals surface area contributed by atoms with Gasteiger partial charge in [0.25, 0.3) is 5.85 Å². The van der Waals surface area contributed by atoms with E-state index in [4.69, 9.17) is 26.8 Å². The molecule has 1 aliphatic heterocycles. The van der Waals surface area contributed by atoms with E-state index >= 15 is 0 Å². The van der Waals surface area contributed by atoms with Gasteiger partial charge in [0.05, 0.1) is 19.5 Å². The first-order valence-electron chi connectivity index (χ1n) is 8.51. The topological polar surface area (TPSA) is 192 Å². The SMILES string of the molecule is CCOC(=O)C(OC[C@H]1O[C@@H](n2cnc3c(N)nc(Cl)nc32)[C@@H](F)[C@@H]1O)P(=O)(O)O. The van der Waals surface area contributed by atoms with E-state index < -0.39 is 50.6 Å². The number of alkyl halides is 1. The van der Waals surface area contributed by atoms with Crippen molar-refractivity contribution in [2.24, 2.45) is 0 Å². The Morgan fingerprint density at radius 3 is 2.83 bits per heavy atom. The zero-order valence-electron chi connectivity index (χ0n) is 15.3. The average Bonchev–Trinajstić information content (AvgIpc) is 3.17. The molecule has 2 aromatic heterocycles. The molecule has 13 nitrogen and oxygen atoms in total. The number of rotatable bonds is 7. The number of fused-ring (bicyclic) bond motifs is 1. The van der Waals surface area contributed by atoms with Gasteiger partial charge in [-0.05, 0) is 18.5 Å². The molecular formula is C14H18ClFN5O8P. The van der Waals surface area contributed by atoms with Crippen LogP contribution >= 0.6 is 19.2 Å². The van der Waals surface area contributed by atoms with Crippen molar-refractivity contribution in [2.45, 2.75) is 37.4 Å². The van der Waals surface area contributed by atoms with E-state index in [1.165, 1.54) is 6.92 Å². The van der Waals surface area contributed by atoms with E-state index in [2.05, 4.69) is 19.7 Å². The molecule has 0 amide bonds. The summed E-state index contributed by atoms with van der Waals surface area (Å²) in [7, 11) is -5.05. The average molecular weight is 470 g/mol. The van der Waals surface area contributed by atoms with Crippen LogP contribution in [0.4, 0.5) is 10.2 Å². The Bertz CT molecular complexity index is 989. The van der Waals surface area contributed by atoms with Crippen molar-refractivity contribution in [1.82, 2.24) is 19.5 Å². The van der Waals surface area contributed by atoms with Crippen LogP contribution in [0.1, 0.15) is 13.2 Å². The quantitative estimate of drug-likeness (QED) is 0.236. The number of nitrogens with two attached hydrogens (primary N) is 1. The number of nitrogen functional groups attached to an aromatic ring is 1.